The van der Waals surface area contributed by atoms with Crippen molar-refractivity contribution in [2.45, 2.75) is 64.8 Å². The predicted octanol–water partition coefficient (Wildman–Crippen LogP) is 2.66. The number of hydrogen-bond donors (Lipinski definition) is 0. The summed E-state index contributed by atoms with van der Waals surface area (Å²) >= 11 is 0. The van der Waals surface area contributed by atoms with E-state index in [1.54, 1.807) is 0 Å². The van der Waals surface area contributed by atoms with E-state index in [2.05, 4.69) is 19.9 Å². The van der Waals surface area contributed by atoms with Crippen LogP contribution in [0.3, 0.4) is 0 Å². The molecule has 1 fully saturated rings. The van der Waals surface area contributed by atoms with E-state index in [1.165, 1.54) is 6.42 Å². The first-order valence-electron chi connectivity index (χ1n) is 9.23. The summed E-state index contributed by atoms with van der Waals surface area (Å²) in [5, 5.41) is 12.7. The Balaban J connectivity index is 1.47. The molecule has 25 heavy (non-hydrogen) atoms. The van der Waals surface area contributed by atoms with Gasteiger partial charge in [-0.2, -0.15) is 0 Å². The van der Waals surface area contributed by atoms with Crippen LogP contribution in [0.2, 0.25) is 0 Å². The molecule has 134 valence electrons. The lowest BCUT2D eigenvalue weighted by atomic mass is 9.94. The normalized spacial score (nSPS) is 18.2. The van der Waals surface area contributed by atoms with Crippen LogP contribution in [0.4, 0.5) is 0 Å². The number of hydrogen-bond acceptors (Lipinski definition) is 5. The number of rotatable bonds is 3. The third-order valence-electron chi connectivity index (χ3n) is 5.41. The van der Waals surface area contributed by atoms with E-state index in [0.717, 1.165) is 50.5 Å². The number of aromatic nitrogens is 4. The average Bonchev–Trinajstić information content (AvgIpc) is 3.29. The molecule has 1 amide bonds. The second-order valence-corrected chi connectivity index (χ2v) is 7.46. The van der Waals surface area contributed by atoms with E-state index >= 15 is 0 Å². The van der Waals surface area contributed by atoms with Crippen molar-refractivity contribution in [1.29, 1.82) is 0 Å². The lowest BCUT2D eigenvalue weighted by molar-refractivity contribution is 0.0706. The fourth-order valence-corrected chi connectivity index (χ4v) is 4.02. The summed E-state index contributed by atoms with van der Waals surface area (Å²) in [7, 11) is 0. The van der Waals surface area contributed by atoms with Crippen molar-refractivity contribution in [3.63, 3.8) is 0 Å². The number of amides is 1. The summed E-state index contributed by atoms with van der Waals surface area (Å²) in [4.78, 5) is 14.9. The zero-order valence-electron chi connectivity index (χ0n) is 15.2. The minimum Gasteiger partial charge on any atom is -0.360 e. The highest BCUT2D eigenvalue weighted by molar-refractivity contribution is 5.96. The summed E-state index contributed by atoms with van der Waals surface area (Å²) < 4.78 is 7.66. The summed E-state index contributed by atoms with van der Waals surface area (Å²) in [6.07, 6.45) is 4.07. The van der Waals surface area contributed by atoms with Crippen molar-refractivity contribution in [2.24, 2.45) is 0 Å². The first-order chi connectivity index (χ1) is 12.1. The van der Waals surface area contributed by atoms with Crippen molar-refractivity contribution in [3.05, 3.63) is 28.7 Å². The van der Waals surface area contributed by atoms with Gasteiger partial charge in [-0.05, 0) is 26.2 Å². The molecule has 0 atom stereocenters. The molecule has 2 aliphatic heterocycles. The van der Waals surface area contributed by atoms with Gasteiger partial charge in [0.1, 0.15) is 17.2 Å². The topological polar surface area (TPSA) is 77.1 Å². The number of carbonyl (C=O) groups is 1. The van der Waals surface area contributed by atoms with Crippen molar-refractivity contribution in [1.82, 2.24) is 24.8 Å². The molecule has 0 spiro atoms. The van der Waals surface area contributed by atoms with Crippen LogP contribution in [0, 0.1) is 6.92 Å². The van der Waals surface area contributed by atoms with E-state index in [0.29, 0.717) is 22.9 Å². The molecule has 0 aliphatic carbocycles. The Kier molecular flexibility index (Phi) is 4.09. The molecule has 7 heteroatoms. The molecule has 1 saturated heterocycles. The van der Waals surface area contributed by atoms with Crippen LogP contribution in [0.1, 0.15) is 78.4 Å². The van der Waals surface area contributed by atoms with Crippen LogP contribution >= 0.6 is 0 Å². The van der Waals surface area contributed by atoms with Crippen LogP contribution in [0.5, 0.6) is 0 Å². The van der Waals surface area contributed by atoms with Gasteiger partial charge in [-0.1, -0.05) is 19.0 Å². The zero-order valence-corrected chi connectivity index (χ0v) is 15.2. The molecule has 0 bridgehead atoms. The molecule has 2 aromatic rings. The maximum Gasteiger partial charge on any atom is 0.259 e. The fraction of sp³-hybridized carbons (Fsp3) is 0.667. The number of carbonyl (C=O) groups excluding carboxylic acids is 1. The van der Waals surface area contributed by atoms with Crippen LogP contribution in [-0.4, -0.2) is 43.8 Å². The monoisotopic (exact) mass is 343 g/mol. The van der Waals surface area contributed by atoms with E-state index in [4.69, 9.17) is 4.52 Å². The Morgan fingerprint density at radius 2 is 1.96 bits per heavy atom. The van der Waals surface area contributed by atoms with Gasteiger partial charge >= 0.3 is 0 Å². The lowest BCUT2D eigenvalue weighted by Crippen LogP contribution is -2.39. The molecule has 4 heterocycles. The lowest BCUT2D eigenvalue weighted by Gasteiger charge is -2.31. The quantitative estimate of drug-likeness (QED) is 0.856. The molecule has 4 rings (SSSR count). The first-order valence-corrected chi connectivity index (χ1v) is 9.23. The van der Waals surface area contributed by atoms with Crippen LogP contribution in [-0.2, 0) is 13.0 Å². The van der Waals surface area contributed by atoms with Crippen molar-refractivity contribution in [3.8, 4) is 0 Å². The number of piperidine rings is 1. The second-order valence-electron chi connectivity index (χ2n) is 7.46. The standard InChI is InChI=1S/C18H25N5O2/c1-11(2)16-15(12(3)21-25-16)18(24)22-9-6-13(7-10-22)17-20-19-14-5-4-8-23(14)17/h11,13H,4-10H2,1-3H3. The minimum atomic E-state index is 0.0485. The molecule has 0 saturated carbocycles. The minimum absolute atomic E-state index is 0.0485. The Morgan fingerprint density at radius 1 is 1.20 bits per heavy atom. The molecular formula is C18H25N5O2. The molecule has 0 N–H and O–H groups in total. The molecule has 0 unspecified atom stereocenters. The van der Waals surface area contributed by atoms with Crippen molar-refractivity contribution < 1.29 is 9.32 Å². The summed E-state index contributed by atoms with van der Waals surface area (Å²) in [6, 6.07) is 0. The summed E-state index contributed by atoms with van der Waals surface area (Å²) in [6.45, 7) is 8.41. The largest absolute Gasteiger partial charge is 0.360 e. The van der Waals surface area contributed by atoms with Crippen LogP contribution in [0.15, 0.2) is 4.52 Å². The van der Waals surface area contributed by atoms with Gasteiger partial charge in [0.15, 0.2) is 5.76 Å². The Morgan fingerprint density at radius 3 is 2.68 bits per heavy atom. The van der Waals surface area contributed by atoms with E-state index in [-0.39, 0.29) is 11.8 Å². The van der Waals surface area contributed by atoms with Gasteiger partial charge in [-0.3, -0.25) is 4.79 Å². The highest BCUT2D eigenvalue weighted by atomic mass is 16.5. The fourth-order valence-electron chi connectivity index (χ4n) is 4.02. The van der Waals surface area contributed by atoms with Gasteiger partial charge in [0.25, 0.3) is 5.91 Å². The Hall–Kier alpha value is -2.18. The molecular weight excluding hydrogens is 318 g/mol. The molecule has 7 nitrogen and oxygen atoms in total. The van der Waals surface area contributed by atoms with E-state index in [9.17, 15) is 4.79 Å². The number of likely N-dealkylation sites (tertiary alicyclic amines) is 1. The maximum atomic E-state index is 13.0. The van der Waals surface area contributed by atoms with Gasteiger partial charge in [0, 0.05) is 37.9 Å². The second kappa shape index (κ2) is 6.28. The predicted molar refractivity (Wildman–Crippen MR) is 91.6 cm³/mol. The molecule has 2 aliphatic rings. The van der Waals surface area contributed by atoms with Crippen LogP contribution < -0.4 is 0 Å². The SMILES string of the molecule is Cc1noc(C(C)C)c1C(=O)N1CCC(c2nnc3n2CCC3)CC1. The first kappa shape index (κ1) is 16.3. The van der Waals surface area contributed by atoms with E-state index in [1.807, 2.05) is 25.7 Å². The highest BCUT2D eigenvalue weighted by Crippen LogP contribution is 2.31. The summed E-state index contributed by atoms with van der Waals surface area (Å²) in [5.74, 6) is 3.53. The van der Waals surface area contributed by atoms with Crippen molar-refractivity contribution in [2.75, 3.05) is 13.1 Å². The molecule has 0 radical (unpaired) electrons. The average molecular weight is 343 g/mol. The van der Waals surface area contributed by atoms with Gasteiger partial charge in [0.2, 0.25) is 0 Å². The Labute approximate surface area is 147 Å². The highest BCUT2D eigenvalue weighted by Gasteiger charge is 2.32. The zero-order chi connectivity index (χ0) is 17.6. The van der Waals surface area contributed by atoms with Crippen LogP contribution in [0.25, 0.3) is 0 Å². The molecule has 0 aromatic carbocycles. The van der Waals surface area contributed by atoms with E-state index < -0.39 is 0 Å². The van der Waals surface area contributed by atoms with Gasteiger partial charge in [-0.25, -0.2) is 0 Å². The number of aryl methyl sites for hydroxylation is 2. The number of fused-ring (bicyclic) bond motifs is 1. The van der Waals surface area contributed by atoms with Gasteiger partial charge in [-0.15, -0.1) is 10.2 Å². The Bertz CT molecular complexity index is 783. The number of nitrogens with zero attached hydrogens (tertiary/aromatic N) is 5. The maximum absolute atomic E-state index is 13.0. The van der Waals surface area contributed by atoms with Crippen molar-refractivity contribution >= 4 is 5.91 Å². The third-order valence-corrected chi connectivity index (χ3v) is 5.41. The van der Waals surface area contributed by atoms with Gasteiger partial charge in [0.05, 0.1) is 5.69 Å². The van der Waals surface area contributed by atoms with Gasteiger partial charge < -0.3 is 14.0 Å². The summed E-state index contributed by atoms with van der Waals surface area (Å²) in [5.41, 5.74) is 1.34. The molecule has 2 aromatic heterocycles. The smallest absolute Gasteiger partial charge is 0.259 e. The third kappa shape index (κ3) is 2.75.